The lowest BCUT2D eigenvalue weighted by atomic mass is 10.2. The van der Waals surface area contributed by atoms with E-state index in [0.717, 1.165) is 11.8 Å². The molecule has 0 aliphatic heterocycles. The number of nitrogens with zero attached hydrogens (tertiary/aromatic N) is 3. The van der Waals surface area contributed by atoms with Crippen molar-refractivity contribution in [2.24, 2.45) is 0 Å². The fourth-order valence-electron chi connectivity index (χ4n) is 2.52. The zero-order valence-electron chi connectivity index (χ0n) is 17.2. The minimum Gasteiger partial charge on any atom is -0.497 e. The summed E-state index contributed by atoms with van der Waals surface area (Å²) in [5, 5.41) is 10.6. The summed E-state index contributed by atoms with van der Waals surface area (Å²) in [5.74, 6) is 7.33. The van der Waals surface area contributed by atoms with Crippen LogP contribution in [0, 0.1) is 5.82 Å². The van der Waals surface area contributed by atoms with Crippen molar-refractivity contribution in [1.29, 1.82) is 0 Å². The van der Waals surface area contributed by atoms with Gasteiger partial charge in [-0.3, -0.25) is 4.79 Å². The number of nitrogens with two attached hydrogens (primary N) is 1. The standard InChI is InChI=1S/C20H22FN5O4S/c1-12(19(27)23-16-10-15(28-2)8-9-17(16)29-3)31-20-25-24-18(26(20)22)11-30-14-6-4-13(21)5-7-14/h4-10,12H,11,22H2,1-3H3,(H,23,27). The molecule has 31 heavy (non-hydrogen) atoms. The van der Waals surface area contributed by atoms with Gasteiger partial charge in [-0.2, -0.15) is 0 Å². The smallest absolute Gasteiger partial charge is 0.237 e. The Morgan fingerprint density at radius 1 is 1.16 bits per heavy atom. The summed E-state index contributed by atoms with van der Waals surface area (Å²) in [6, 6.07) is 10.7. The molecule has 9 nitrogen and oxygen atoms in total. The summed E-state index contributed by atoms with van der Waals surface area (Å²) in [4.78, 5) is 12.7. The molecule has 1 unspecified atom stereocenters. The molecule has 11 heteroatoms. The Kier molecular flexibility index (Phi) is 7.19. The van der Waals surface area contributed by atoms with E-state index in [0.29, 0.717) is 33.9 Å². The van der Waals surface area contributed by atoms with Gasteiger partial charge in [-0.15, -0.1) is 10.2 Å². The number of carbonyl (C=O) groups is 1. The molecule has 1 atom stereocenters. The predicted molar refractivity (Wildman–Crippen MR) is 114 cm³/mol. The van der Waals surface area contributed by atoms with E-state index in [1.807, 2.05) is 0 Å². The number of rotatable bonds is 9. The lowest BCUT2D eigenvalue weighted by Crippen LogP contribution is -2.24. The van der Waals surface area contributed by atoms with E-state index in [2.05, 4.69) is 15.5 Å². The van der Waals surface area contributed by atoms with Crippen LogP contribution in [0.1, 0.15) is 12.7 Å². The third-order valence-electron chi connectivity index (χ3n) is 4.23. The number of thioether (sulfide) groups is 1. The fourth-order valence-corrected chi connectivity index (χ4v) is 3.31. The highest BCUT2D eigenvalue weighted by atomic mass is 32.2. The van der Waals surface area contributed by atoms with Crippen molar-refractivity contribution in [2.75, 3.05) is 25.4 Å². The van der Waals surface area contributed by atoms with Gasteiger partial charge in [0.15, 0.2) is 5.82 Å². The normalized spacial score (nSPS) is 11.6. The quantitative estimate of drug-likeness (QED) is 0.380. The van der Waals surface area contributed by atoms with Crippen LogP contribution in [0.4, 0.5) is 10.1 Å². The Balaban J connectivity index is 1.62. The Bertz CT molecular complexity index is 1040. The highest BCUT2D eigenvalue weighted by molar-refractivity contribution is 8.00. The van der Waals surface area contributed by atoms with Crippen molar-refractivity contribution in [3.05, 3.63) is 54.1 Å². The van der Waals surface area contributed by atoms with E-state index in [4.69, 9.17) is 20.1 Å². The number of hydrogen-bond donors (Lipinski definition) is 2. The number of benzene rings is 2. The second-order valence-corrected chi connectivity index (χ2v) is 7.63. The van der Waals surface area contributed by atoms with Crippen LogP contribution in [0.3, 0.4) is 0 Å². The van der Waals surface area contributed by atoms with E-state index in [9.17, 15) is 9.18 Å². The van der Waals surface area contributed by atoms with Crippen LogP contribution in [0.25, 0.3) is 0 Å². The third-order valence-corrected chi connectivity index (χ3v) is 5.29. The summed E-state index contributed by atoms with van der Waals surface area (Å²) in [6.45, 7) is 1.76. The number of anilines is 1. The lowest BCUT2D eigenvalue weighted by Gasteiger charge is -2.14. The molecular formula is C20H22FN5O4S. The zero-order chi connectivity index (χ0) is 22.4. The fraction of sp³-hybridized carbons (Fsp3) is 0.250. The molecule has 1 heterocycles. The second kappa shape index (κ2) is 10.0. The summed E-state index contributed by atoms with van der Waals surface area (Å²) >= 11 is 1.14. The maximum absolute atomic E-state index is 13.0. The molecule has 0 radical (unpaired) electrons. The molecule has 0 saturated heterocycles. The number of aromatic nitrogens is 3. The van der Waals surface area contributed by atoms with E-state index >= 15 is 0 Å². The Labute approximate surface area is 182 Å². The number of ether oxygens (including phenoxy) is 3. The van der Waals surface area contributed by atoms with Gasteiger partial charge in [-0.05, 0) is 43.3 Å². The average Bonchev–Trinajstić information content (AvgIpc) is 3.12. The summed E-state index contributed by atoms with van der Waals surface area (Å²) < 4.78 is 30.2. The molecule has 0 aliphatic carbocycles. The van der Waals surface area contributed by atoms with E-state index in [-0.39, 0.29) is 18.3 Å². The van der Waals surface area contributed by atoms with E-state index in [1.54, 1.807) is 25.1 Å². The Morgan fingerprint density at radius 2 is 1.87 bits per heavy atom. The molecule has 0 fully saturated rings. The van der Waals surface area contributed by atoms with Crippen molar-refractivity contribution < 1.29 is 23.4 Å². The molecule has 0 bridgehead atoms. The lowest BCUT2D eigenvalue weighted by molar-refractivity contribution is -0.115. The van der Waals surface area contributed by atoms with Gasteiger partial charge in [-0.25, -0.2) is 9.07 Å². The first-order valence-corrected chi connectivity index (χ1v) is 10.1. The Hall–Kier alpha value is -3.47. The molecule has 0 aliphatic rings. The van der Waals surface area contributed by atoms with Crippen LogP contribution in [0.2, 0.25) is 0 Å². The van der Waals surface area contributed by atoms with Crippen molar-refractivity contribution >= 4 is 23.4 Å². The van der Waals surface area contributed by atoms with Crippen LogP contribution in [0.5, 0.6) is 17.2 Å². The highest BCUT2D eigenvalue weighted by Crippen LogP contribution is 2.30. The van der Waals surface area contributed by atoms with Gasteiger partial charge in [0.1, 0.15) is 29.7 Å². The molecule has 3 rings (SSSR count). The van der Waals surface area contributed by atoms with Crippen LogP contribution in [-0.4, -0.2) is 40.3 Å². The first-order valence-electron chi connectivity index (χ1n) is 9.18. The SMILES string of the molecule is COc1ccc(OC)c(NC(=O)C(C)Sc2nnc(COc3ccc(F)cc3)n2N)c1. The first-order chi connectivity index (χ1) is 14.9. The topological polar surface area (TPSA) is 114 Å². The van der Waals surface area contributed by atoms with Gasteiger partial charge < -0.3 is 25.4 Å². The van der Waals surface area contributed by atoms with Crippen molar-refractivity contribution in [1.82, 2.24) is 14.9 Å². The maximum Gasteiger partial charge on any atom is 0.237 e. The number of nitrogen functional groups attached to an aromatic ring is 1. The number of hydrogen-bond acceptors (Lipinski definition) is 8. The zero-order valence-corrected chi connectivity index (χ0v) is 18.0. The van der Waals surface area contributed by atoms with Crippen LogP contribution in [-0.2, 0) is 11.4 Å². The Morgan fingerprint density at radius 3 is 2.55 bits per heavy atom. The van der Waals surface area contributed by atoms with Gasteiger partial charge in [0, 0.05) is 6.07 Å². The predicted octanol–water partition coefficient (Wildman–Crippen LogP) is 2.85. The molecular weight excluding hydrogens is 425 g/mol. The number of nitrogens with one attached hydrogen (secondary N) is 1. The minimum absolute atomic E-state index is 0.0390. The molecule has 0 saturated carbocycles. The van der Waals surface area contributed by atoms with E-state index in [1.165, 1.54) is 43.2 Å². The minimum atomic E-state index is -0.534. The van der Waals surface area contributed by atoms with E-state index < -0.39 is 5.25 Å². The van der Waals surface area contributed by atoms with Gasteiger partial charge in [0.05, 0.1) is 25.2 Å². The molecule has 3 aromatic rings. The molecule has 0 spiro atoms. The van der Waals surface area contributed by atoms with Crippen molar-refractivity contribution in [3.8, 4) is 17.2 Å². The van der Waals surface area contributed by atoms with Gasteiger partial charge in [0.2, 0.25) is 11.1 Å². The summed E-state index contributed by atoms with van der Waals surface area (Å²) in [7, 11) is 3.05. The number of carbonyl (C=O) groups excluding carboxylic acids is 1. The molecule has 164 valence electrons. The monoisotopic (exact) mass is 447 g/mol. The third kappa shape index (κ3) is 5.57. The van der Waals surface area contributed by atoms with Gasteiger partial charge >= 0.3 is 0 Å². The summed E-state index contributed by atoms with van der Waals surface area (Å²) in [6.07, 6.45) is 0. The van der Waals surface area contributed by atoms with Gasteiger partial charge in [-0.1, -0.05) is 11.8 Å². The number of amides is 1. The number of halogens is 1. The first kappa shape index (κ1) is 22.2. The second-order valence-electron chi connectivity index (χ2n) is 6.33. The van der Waals surface area contributed by atoms with Crippen LogP contribution >= 0.6 is 11.8 Å². The van der Waals surface area contributed by atoms with Crippen molar-refractivity contribution in [3.63, 3.8) is 0 Å². The largest absolute Gasteiger partial charge is 0.497 e. The molecule has 1 aromatic heterocycles. The van der Waals surface area contributed by atoms with Crippen LogP contribution < -0.4 is 25.4 Å². The maximum atomic E-state index is 13.0. The molecule has 1 amide bonds. The highest BCUT2D eigenvalue weighted by Gasteiger charge is 2.21. The number of methoxy groups -OCH3 is 2. The average molecular weight is 447 g/mol. The van der Waals surface area contributed by atoms with Crippen molar-refractivity contribution in [2.45, 2.75) is 23.9 Å². The summed E-state index contributed by atoms with van der Waals surface area (Å²) in [5.41, 5.74) is 0.488. The van der Waals surface area contributed by atoms with Crippen LogP contribution in [0.15, 0.2) is 47.6 Å². The molecule has 2 aromatic carbocycles. The van der Waals surface area contributed by atoms with Gasteiger partial charge in [0.25, 0.3) is 0 Å². The molecule has 3 N–H and O–H groups in total.